The summed E-state index contributed by atoms with van der Waals surface area (Å²) in [5.41, 5.74) is 7.03. The predicted octanol–water partition coefficient (Wildman–Crippen LogP) is 4.39. The van der Waals surface area contributed by atoms with Gasteiger partial charge in [0.2, 0.25) is 0 Å². The fraction of sp³-hybridized carbons (Fsp3) is 0.238. The molecule has 1 aliphatic rings. The zero-order valence-electron chi connectivity index (χ0n) is 16.1. The third-order valence-electron chi connectivity index (χ3n) is 5.18. The van der Waals surface area contributed by atoms with Gasteiger partial charge in [-0.05, 0) is 48.9 Å². The zero-order chi connectivity index (χ0) is 21.4. The molecule has 154 valence electrons. The summed E-state index contributed by atoms with van der Waals surface area (Å²) in [6.45, 7) is 2.15. The Bertz CT molecular complexity index is 1160. The Morgan fingerprint density at radius 1 is 1.27 bits per heavy atom. The maximum Gasteiger partial charge on any atom is 0.292 e. The minimum absolute atomic E-state index is 0.0155. The van der Waals surface area contributed by atoms with E-state index in [-0.39, 0.29) is 22.8 Å². The molecular weight excluding hydrogens is 406 g/mol. The van der Waals surface area contributed by atoms with Crippen LogP contribution < -0.4 is 11.1 Å². The maximum atomic E-state index is 12.7. The van der Waals surface area contributed by atoms with Crippen molar-refractivity contribution < 1.29 is 18.9 Å². The fourth-order valence-corrected chi connectivity index (χ4v) is 5.12. The lowest BCUT2D eigenvalue weighted by atomic mass is 9.88. The largest absolute Gasteiger partial charge is 0.451 e. The monoisotopic (exact) mass is 425 g/mol. The van der Waals surface area contributed by atoms with Gasteiger partial charge in [0.05, 0.1) is 16.1 Å². The van der Waals surface area contributed by atoms with Crippen molar-refractivity contribution in [1.29, 1.82) is 0 Å². The van der Waals surface area contributed by atoms with Crippen LogP contribution in [-0.2, 0) is 12.8 Å². The van der Waals surface area contributed by atoms with Crippen LogP contribution in [0.4, 0.5) is 10.7 Å². The van der Waals surface area contributed by atoms with E-state index in [0.717, 1.165) is 29.7 Å². The first-order chi connectivity index (χ1) is 14.3. The highest BCUT2D eigenvalue weighted by Gasteiger charge is 2.28. The van der Waals surface area contributed by atoms with Gasteiger partial charge >= 0.3 is 0 Å². The lowest BCUT2D eigenvalue weighted by Gasteiger charge is -2.18. The molecule has 30 heavy (non-hydrogen) atoms. The molecule has 2 amide bonds. The predicted molar refractivity (Wildman–Crippen MR) is 113 cm³/mol. The van der Waals surface area contributed by atoms with Gasteiger partial charge in [-0.3, -0.25) is 19.7 Å². The lowest BCUT2D eigenvalue weighted by Crippen LogP contribution is -2.19. The number of benzene rings is 1. The second-order valence-corrected chi connectivity index (χ2v) is 8.42. The van der Waals surface area contributed by atoms with Crippen LogP contribution >= 0.6 is 11.3 Å². The number of hydrogen-bond donors (Lipinski definition) is 2. The van der Waals surface area contributed by atoms with Gasteiger partial charge in [-0.1, -0.05) is 19.1 Å². The number of fused-ring (bicyclic) bond motifs is 1. The minimum atomic E-state index is -0.572. The van der Waals surface area contributed by atoms with Crippen molar-refractivity contribution in [1.82, 2.24) is 0 Å². The summed E-state index contributed by atoms with van der Waals surface area (Å²) >= 11 is 1.36. The molecule has 0 radical (unpaired) electrons. The molecule has 1 atom stereocenters. The Kier molecular flexibility index (Phi) is 5.13. The molecule has 0 spiro atoms. The molecule has 0 unspecified atom stereocenters. The molecular formula is C21H19N3O5S. The summed E-state index contributed by atoms with van der Waals surface area (Å²) < 4.78 is 5.59. The highest BCUT2D eigenvalue weighted by Crippen LogP contribution is 2.40. The number of furan rings is 1. The second-order valence-electron chi connectivity index (χ2n) is 7.31. The highest BCUT2D eigenvalue weighted by atomic mass is 32.1. The number of carbonyl (C=O) groups excluding carboxylic acids is 2. The van der Waals surface area contributed by atoms with Gasteiger partial charge in [0.25, 0.3) is 17.5 Å². The molecule has 1 aromatic carbocycles. The average Bonchev–Trinajstić information content (AvgIpc) is 3.32. The quantitative estimate of drug-likeness (QED) is 0.463. The standard InChI is InChI=1S/C21H19N3O5S/c1-11-6-7-13-17(10-11)30-21(18(13)19(22)25)23-20(26)16-9-8-15(29-16)12-4-2-3-5-14(12)24(27)28/h2-5,8-9,11H,6-7,10H2,1H3,(H2,22,25)(H,23,26)/t11-/m1/s1. The first-order valence-electron chi connectivity index (χ1n) is 9.44. The Labute approximate surface area is 175 Å². The summed E-state index contributed by atoms with van der Waals surface area (Å²) in [4.78, 5) is 36.6. The summed E-state index contributed by atoms with van der Waals surface area (Å²) in [6, 6.07) is 9.09. The normalized spacial score (nSPS) is 15.4. The molecule has 2 heterocycles. The number of amides is 2. The number of primary amides is 1. The molecule has 3 aromatic rings. The molecule has 0 saturated heterocycles. The third-order valence-corrected chi connectivity index (χ3v) is 6.35. The van der Waals surface area contributed by atoms with Crippen molar-refractivity contribution in [2.45, 2.75) is 26.2 Å². The smallest absolute Gasteiger partial charge is 0.292 e. The van der Waals surface area contributed by atoms with E-state index in [9.17, 15) is 19.7 Å². The molecule has 2 aromatic heterocycles. The van der Waals surface area contributed by atoms with E-state index in [1.54, 1.807) is 18.2 Å². The summed E-state index contributed by atoms with van der Waals surface area (Å²) in [6.07, 6.45) is 2.57. The number of nitrogens with zero attached hydrogens (tertiary/aromatic N) is 1. The lowest BCUT2D eigenvalue weighted by molar-refractivity contribution is -0.384. The third kappa shape index (κ3) is 3.59. The van der Waals surface area contributed by atoms with Crippen LogP contribution in [0, 0.1) is 16.0 Å². The molecule has 9 heteroatoms. The number of nitro benzene ring substituents is 1. The van der Waals surface area contributed by atoms with E-state index in [0.29, 0.717) is 16.5 Å². The molecule has 0 aliphatic heterocycles. The number of para-hydroxylation sites is 1. The van der Waals surface area contributed by atoms with E-state index < -0.39 is 16.7 Å². The summed E-state index contributed by atoms with van der Waals surface area (Å²) in [5.74, 6) is -0.415. The number of nitro groups is 1. The topological polar surface area (TPSA) is 128 Å². The maximum absolute atomic E-state index is 12.7. The van der Waals surface area contributed by atoms with Crippen LogP contribution in [0.1, 0.15) is 44.7 Å². The van der Waals surface area contributed by atoms with Crippen molar-refractivity contribution >= 4 is 33.8 Å². The van der Waals surface area contributed by atoms with Gasteiger partial charge in [-0.25, -0.2) is 0 Å². The van der Waals surface area contributed by atoms with Gasteiger partial charge in [0.1, 0.15) is 10.8 Å². The molecule has 0 fully saturated rings. The summed E-state index contributed by atoms with van der Waals surface area (Å²) in [5, 5.41) is 14.4. The van der Waals surface area contributed by atoms with Crippen LogP contribution in [0.15, 0.2) is 40.8 Å². The van der Waals surface area contributed by atoms with Gasteiger partial charge < -0.3 is 15.5 Å². The van der Waals surface area contributed by atoms with Crippen molar-refractivity contribution in [3.8, 4) is 11.3 Å². The minimum Gasteiger partial charge on any atom is -0.451 e. The summed E-state index contributed by atoms with van der Waals surface area (Å²) in [7, 11) is 0. The van der Waals surface area contributed by atoms with Crippen LogP contribution in [0.5, 0.6) is 0 Å². The number of thiophene rings is 1. The van der Waals surface area contributed by atoms with E-state index in [1.807, 2.05) is 0 Å². The van der Waals surface area contributed by atoms with Crippen LogP contribution in [0.3, 0.4) is 0 Å². The van der Waals surface area contributed by atoms with Crippen molar-refractivity contribution in [2.75, 3.05) is 5.32 Å². The van der Waals surface area contributed by atoms with E-state index in [2.05, 4.69) is 12.2 Å². The fourth-order valence-electron chi connectivity index (χ4n) is 3.71. The van der Waals surface area contributed by atoms with E-state index in [1.165, 1.54) is 29.5 Å². The SMILES string of the molecule is C[C@@H]1CCc2c(sc(NC(=O)c3ccc(-c4ccccc4[N+](=O)[O-])o3)c2C(N)=O)C1. The van der Waals surface area contributed by atoms with Crippen LogP contribution in [0.2, 0.25) is 0 Å². The first-order valence-corrected chi connectivity index (χ1v) is 10.3. The molecule has 4 rings (SSSR count). The number of anilines is 1. The second kappa shape index (κ2) is 7.75. The first kappa shape index (κ1) is 19.8. The number of rotatable bonds is 5. The van der Waals surface area contributed by atoms with Gasteiger partial charge in [-0.2, -0.15) is 0 Å². The van der Waals surface area contributed by atoms with Crippen LogP contribution in [-0.4, -0.2) is 16.7 Å². The van der Waals surface area contributed by atoms with Crippen molar-refractivity contribution in [2.24, 2.45) is 11.7 Å². The Morgan fingerprint density at radius 3 is 2.77 bits per heavy atom. The van der Waals surface area contributed by atoms with E-state index >= 15 is 0 Å². The van der Waals surface area contributed by atoms with Gasteiger partial charge in [0, 0.05) is 10.9 Å². The van der Waals surface area contributed by atoms with Crippen LogP contribution in [0.25, 0.3) is 11.3 Å². The molecule has 8 nitrogen and oxygen atoms in total. The Hall–Kier alpha value is -3.46. The number of hydrogen-bond acceptors (Lipinski definition) is 6. The highest BCUT2D eigenvalue weighted by molar-refractivity contribution is 7.17. The Balaban J connectivity index is 1.62. The van der Waals surface area contributed by atoms with E-state index in [4.69, 9.17) is 10.2 Å². The molecule has 1 aliphatic carbocycles. The number of nitrogens with one attached hydrogen (secondary N) is 1. The zero-order valence-corrected chi connectivity index (χ0v) is 17.0. The van der Waals surface area contributed by atoms with Gasteiger partial charge in [0.15, 0.2) is 5.76 Å². The van der Waals surface area contributed by atoms with Crippen molar-refractivity contribution in [3.63, 3.8) is 0 Å². The average molecular weight is 425 g/mol. The number of carbonyl (C=O) groups is 2. The Morgan fingerprint density at radius 2 is 2.03 bits per heavy atom. The molecule has 0 saturated carbocycles. The number of nitrogens with two attached hydrogens (primary N) is 1. The molecule has 0 bridgehead atoms. The van der Waals surface area contributed by atoms with Crippen molar-refractivity contribution in [3.05, 3.63) is 68.3 Å². The van der Waals surface area contributed by atoms with Gasteiger partial charge in [-0.15, -0.1) is 11.3 Å². The molecule has 3 N–H and O–H groups in total.